The first kappa shape index (κ1) is 17.5. The number of hydrogen-bond donors (Lipinski definition) is 0. The van der Waals surface area contributed by atoms with Gasteiger partial charge in [-0.15, -0.1) is 0 Å². The Bertz CT molecular complexity index is 1540. The van der Waals surface area contributed by atoms with Crippen LogP contribution >= 0.6 is 15.9 Å². The second kappa shape index (κ2) is 6.86. The molecule has 0 saturated carbocycles. The molecule has 5 aromatic carbocycles. The molecule has 1 heterocycles. The third kappa shape index (κ3) is 2.61. The summed E-state index contributed by atoms with van der Waals surface area (Å²) in [6.45, 7) is 0. The van der Waals surface area contributed by atoms with Gasteiger partial charge in [-0.1, -0.05) is 94.8 Å². The highest BCUT2D eigenvalue weighted by Gasteiger charge is 2.14. The number of aromatic nitrogens is 1. The number of para-hydroxylation sites is 2. The highest BCUT2D eigenvalue weighted by molar-refractivity contribution is 9.10. The molecule has 0 spiro atoms. The van der Waals surface area contributed by atoms with Gasteiger partial charge in [0.25, 0.3) is 0 Å². The van der Waals surface area contributed by atoms with Crippen molar-refractivity contribution in [1.82, 2.24) is 4.57 Å². The largest absolute Gasteiger partial charge is 0.309 e. The van der Waals surface area contributed by atoms with Gasteiger partial charge in [0.1, 0.15) is 0 Å². The zero-order valence-corrected chi connectivity index (χ0v) is 17.8. The average molecular weight is 448 g/mol. The summed E-state index contributed by atoms with van der Waals surface area (Å²) >= 11 is 3.77. The van der Waals surface area contributed by atoms with Crippen molar-refractivity contribution < 1.29 is 0 Å². The first-order valence-electron chi connectivity index (χ1n) is 10.1. The molecule has 0 aliphatic carbocycles. The van der Waals surface area contributed by atoms with Gasteiger partial charge in [-0.2, -0.15) is 0 Å². The summed E-state index contributed by atoms with van der Waals surface area (Å²) < 4.78 is 3.49. The zero-order valence-electron chi connectivity index (χ0n) is 16.2. The van der Waals surface area contributed by atoms with Crippen LogP contribution in [-0.2, 0) is 0 Å². The lowest BCUT2D eigenvalue weighted by Crippen LogP contribution is -1.93. The van der Waals surface area contributed by atoms with Crippen LogP contribution < -0.4 is 0 Å². The number of benzene rings is 5. The van der Waals surface area contributed by atoms with Gasteiger partial charge in [-0.05, 0) is 46.8 Å². The molecule has 1 aromatic heterocycles. The second-order valence-corrected chi connectivity index (χ2v) is 8.42. The topological polar surface area (TPSA) is 4.93 Å². The van der Waals surface area contributed by atoms with Gasteiger partial charge in [-0.3, -0.25) is 0 Å². The fourth-order valence-corrected chi connectivity index (χ4v) is 5.12. The second-order valence-electron chi connectivity index (χ2n) is 7.56. The van der Waals surface area contributed by atoms with Crippen LogP contribution in [0.3, 0.4) is 0 Å². The van der Waals surface area contributed by atoms with E-state index < -0.39 is 0 Å². The van der Waals surface area contributed by atoms with E-state index in [9.17, 15) is 0 Å². The Kier molecular flexibility index (Phi) is 4.00. The molecule has 2 heteroatoms. The van der Waals surface area contributed by atoms with Crippen LogP contribution in [0.2, 0.25) is 0 Å². The molecule has 142 valence electrons. The minimum absolute atomic E-state index is 1.12. The molecule has 0 saturated heterocycles. The highest BCUT2D eigenvalue weighted by atomic mass is 79.9. The lowest BCUT2D eigenvalue weighted by atomic mass is 9.97. The van der Waals surface area contributed by atoms with Crippen LogP contribution in [0.4, 0.5) is 0 Å². The number of hydrogen-bond acceptors (Lipinski definition) is 0. The predicted molar refractivity (Wildman–Crippen MR) is 131 cm³/mol. The van der Waals surface area contributed by atoms with E-state index in [0.717, 1.165) is 4.47 Å². The van der Waals surface area contributed by atoms with E-state index in [1.807, 2.05) is 0 Å². The van der Waals surface area contributed by atoms with E-state index in [-0.39, 0.29) is 0 Å². The third-order valence-corrected chi connectivity index (χ3v) is 6.51. The number of fused-ring (bicyclic) bond motifs is 4. The minimum atomic E-state index is 1.12. The Morgan fingerprint density at radius 1 is 0.567 bits per heavy atom. The van der Waals surface area contributed by atoms with Gasteiger partial charge in [0.05, 0.1) is 11.0 Å². The molecule has 1 nitrogen and oxygen atoms in total. The molecule has 0 aliphatic rings. The maximum absolute atomic E-state index is 3.77. The molecule has 0 amide bonds. The lowest BCUT2D eigenvalue weighted by molar-refractivity contribution is 1.18. The van der Waals surface area contributed by atoms with Gasteiger partial charge in [0, 0.05) is 26.3 Å². The standard InChI is InChI=1S/C28H18BrN/c29-25-14-7-9-19-8-6-13-22(28(19)25)20-16-17-24-23-12-4-5-15-26(23)30(27(24)18-20)21-10-2-1-3-11-21/h1-18H. The first-order valence-corrected chi connectivity index (χ1v) is 10.9. The SMILES string of the molecule is Brc1cccc2cccc(-c3ccc4c5ccccc5n(-c5ccccc5)c4c3)c12. The normalized spacial score (nSPS) is 11.5. The fraction of sp³-hybridized carbons (Fsp3) is 0. The van der Waals surface area contributed by atoms with Crippen LogP contribution in [0.1, 0.15) is 0 Å². The van der Waals surface area contributed by atoms with E-state index in [0.29, 0.717) is 0 Å². The van der Waals surface area contributed by atoms with Crippen molar-refractivity contribution in [3.05, 3.63) is 114 Å². The molecule has 0 N–H and O–H groups in total. The lowest BCUT2D eigenvalue weighted by Gasteiger charge is -2.11. The minimum Gasteiger partial charge on any atom is -0.309 e. The van der Waals surface area contributed by atoms with Gasteiger partial charge in [-0.25, -0.2) is 0 Å². The van der Waals surface area contributed by atoms with E-state index in [1.165, 1.54) is 49.4 Å². The van der Waals surface area contributed by atoms with Gasteiger partial charge in [0.2, 0.25) is 0 Å². The fourth-order valence-electron chi connectivity index (χ4n) is 4.53. The molecule has 0 aliphatic heterocycles. The summed E-state index contributed by atoms with van der Waals surface area (Å²) in [6.07, 6.45) is 0. The molecule has 6 rings (SSSR count). The van der Waals surface area contributed by atoms with E-state index >= 15 is 0 Å². The molecule has 0 fully saturated rings. The summed E-state index contributed by atoms with van der Waals surface area (Å²) in [5.74, 6) is 0. The van der Waals surface area contributed by atoms with Crippen molar-refractivity contribution in [2.75, 3.05) is 0 Å². The van der Waals surface area contributed by atoms with Crippen LogP contribution in [0.15, 0.2) is 114 Å². The van der Waals surface area contributed by atoms with Gasteiger partial charge < -0.3 is 4.57 Å². The summed E-state index contributed by atoms with van der Waals surface area (Å²) in [6, 6.07) is 39.0. The first-order chi connectivity index (χ1) is 14.8. The number of halogens is 1. The predicted octanol–water partition coefficient (Wildman–Crippen LogP) is 8.37. The molecular weight excluding hydrogens is 430 g/mol. The summed E-state index contributed by atoms with van der Waals surface area (Å²) in [7, 11) is 0. The number of rotatable bonds is 2. The maximum Gasteiger partial charge on any atom is 0.0547 e. The van der Waals surface area contributed by atoms with Gasteiger partial charge in [0.15, 0.2) is 0 Å². The third-order valence-electron chi connectivity index (χ3n) is 5.85. The van der Waals surface area contributed by atoms with Crippen molar-refractivity contribution in [2.24, 2.45) is 0 Å². The molecular formula is C28H18BrN. The van der Waals surface area contributed by atoms with E-state index in [4.69, 9.17) is 0 Å². The summed E-state index contributed by atoms with van der Waals surface area (Å²) in [5, 5.41) is 5.05. The van der Waals surface area contributed by atoms with Crippen LogP contribution in [0, 0.1) is 0 Å². The van der Waals surface area contributed by atoms with Gasteiger partial charge >= 0.3 is 0 Å². The van der Waals surface area contributed by atoms with Crippen LogP contribution in [0.25, 0.3) is 49.4 Å². The quantitative estimate of drug-likeness (QED) is 0.251. The Balaban J connectivity index is 1.71. The Labute approximate surface area is 183 Å². The van der Waals surface area contributed by atoms with E-state index in [1.54, 1.807) is 0 Å². The Hall–Kier alpha value is -3.36. The van der Waals surface area contributed by atoms with Crippen molar-refractivity contribution in [2.45, 2.75) is 0 Å². The summed E-state index contributed by atoms with van der Waals surface area (Å²) in [5.41, 5.74) is 6.10. The van der Waals surface area contributed by atoms with Crippen LogP contribution in [0.5, 0.6) is 0 Å². The monoisotopic (exact) mass is 447 g/mol. The van der Waals surface area contributed by atoms with Crippen molar-refractivity contribution in [1.29, 1.82) is 0 Å². The molecule has 0 unspecified atom stereocenters. The maximum atomic E-state index is 3.77. The molecule has 0 atom stereocenters. The molecule has 6 aromatic rings. The van der Waals surface area contributed by atoms with Crippen molar-refractivity contribution in [3.8, 4) is 16.8 Å². The van der Waals surface area contributed by atoms with Crippen LogP contribution in [-0.4, -0.2) is 4.57 Å². The Morgan fingerprint density at radius 3 is 2.17 bits per heavy atom. The highest BCUT2D eigenvalue weighted by Crippen LogP contribution is 2.38. The smallest absolute Gasteiger partial charge is 0.0547 e. The zero-order chi connectivity index (χ0) is 20.1. The van der Waals surface area contributed by atoms with Crippen molar-refractivity contribution in [3.63, 3.8) is 0 Å². The van der Waals surface area contributed by atoms with E-state index in [2.05, 4.69) is 130 Å². The Morgan fingerprint density at radius 2 is 1.30 bits per heavy atom. The molecule has 0 bridgehead atoms. The number of nitrogens with zero attached hydrogens (tertiary/aromatic N) is 1. The molecule has 30 heavy (non-hydrogen) atoms. The summed E-state index contributed by atoms with van der Waals surface area (Å²) in [4.78, 5) is 0. The van der Waals surface area contributed by atoms with Crippen molar-refractivity contribution >= 4 is 48.5 Å². The molecule has 0 radical (unpaired) electrons. The average Bonchev–Trinajstić information content (AvgIpc) is 3.13.